The second kappa shape index (κ2) is 20.2. The molecule has 6 heterocycles. The van der Waals surface area contributed by atoms with Crippen LogP contribution in [0.1, 0.15) is 33.6 Å². The Morgan fingerprint density at radius 2 is 0.984 bits per heavy atom. The third-order valence-corrected chi connectivity index (χ3v) is 12.5. The van der Waals surface area contributed by atoms with Crippen molar-refractivity contribution >= 4 is 62.1 Å². The molecule has 6 aromatic heterocycles. The number of carbonyl (C=O) groups excluding carboxylic acids is 3. The number of aryl methyl sites for hydroxylation is 2. The van der Waals surface area contributed by atoms with Crippen LogP contribution < -0.4 is 18.9 Å². The maximum Gasteiger partial charge on any atom is 0.508 e. The van der Waals surface area contributed by atoms with Crippen LogP contribution in [0.25, 0.3) is 22.3 Å². The predicted octanol–water partition coefficient (Wildman–Crippen LogP) is 4.50. The molecule has 0 N–H and O–H groups in total. The lowest BCUT2D eigenvalue weighted by Crippen LogP contribution is -2.36. The van der Waals surface area contributed by atoms with E-state index in [1.165, 1.54) is 38.1 Å². The molecular weight excluding hydrogens is 873 g/mol. The van der Waals surface area contributed by atoms with E-state index < -0.39 is 39.8 Å². The number of methoxy groups -OCH3 is 4. The summed E-state index contributed by atoms with van der Waals surface area (Å²) in [6.45, 7) is 6.55. The molecule has 0 aliphatic carbocycles. The summed E-state index contributed by atoms with van der Waals surface area (Å²) in [6.07, 6.45) is 2.19. The highest BCUT2D eigenvalue weighted by Gasteiger charge is 2.29. The smallest absolute Gasteiger partial charge is 0.496 e. The number of hydrogen-bond acceptors (Lipinski definition) is 17. The third kappa shape index (κ3) is 9.73. The van der Waals surface area contributed by atoms with Gasteiger partial charge in [0.25, 0.3) is 0 Å². The van der Waals surface area contributed by atoms with Gasteiger partial charge in [-0.2, -0.15) is 9.97 Å². The van der Waals surface area contributed by atoms with E-state index in [0.717, 1.165) is 20.3 Å². The van der Waals surface area contributed by atoms with Crippen molar-refractivity contribution < 1.29 is 51.2 Å². The van der Waals surface area contributed by atoms with Crippen LogP contribution in [0.5, 0.6) is 23.3 Å². The number of nitrogens with zero attached hydrogens (tertiary/aromatic N) is 10. The lowest BCUT2D eigenvalue weighted by atomic mass is 10.1. The average Bonchev–Trinajstić information content (AvgIpc) is 3.86. The van der Waals surface area contributed by atoms with Gasteiger partial charge in [0.1, 0.15) is 35.7 Å². The second-order valence-electron chi connectivity index (χ2n) is 14.3. The fourth-order valence-corrected chi connectivity index (χ4v) is 9.11. The summed E-state index contributed by atoms with van der Waals surface area (Å²) in [5, 5.41) is -0.133. The van der Waals surface area contributed by atoms with E-state index in [2.05, 4.69) is 29.9 Å². The van der Waals surface area contributed by atoms with Gasteiger partial charge in [-0.25, -0.2) is 33.5 Å². The van der Waals surface area contributed by atoms with E-state index in [0.29, 0.717) is 45.0 Å². The predicted molar refractivity (Wildman–Crippen MR) is 233 cm³/mol. The standard InChI is InChI=1S/C41H48N10O11S2/c1-23-19-42-29(25(3)33(23)59-9)21-63(55)37-44-27-11-13-31(57-7)46-35(27)50(37)39(52)48(5)15-17-61-41(54)62-18-16-49(6)40(53)51-36-28(12-14-32(47-36)58-8)45-38(51)64(56)22-30-26(4)34(60-10)24(2)20-43-30/h11-14,19-20H,15-18,21-22H2,1-10H3. The molecule has 0 spiro atoms. The molecular formula is C41H48N10O11S2. The molecule has 2 unspecified atom stereocenters. The molecule has 0 radical (unpaired) electrons. The summed E-state index contributed by atoms with van der Waals surface area (Å²) in [5.41, 5.74) is 4.89. The summed E-state index contributed by atoms with van der Waals surface area (Å²) in [6, 6.07) is 5.04. The molecule has 0 saturated heterocycles. The Labute approximate surface area is 372 Å². The first-order chi connectivity index (χ1) is 30.6. The summed E-state index contributed by atoms with van der Waals surface area (Å²) in [4.78, 5) is 69.8. The van der Waals surface area contributed by atoms with E-state index in [-0.39, 0.29) is 71.2 Å². The molecule has 2 atom stereocenters. The van der Waals surface area contributed by atoms with Crippen molar-refractivity contribution in [2.45, 2.75) is 49.5 Å². The zero-order valence-corrected chi connectivity index (χ0v) is 38.6. The fourth-order valence-electron chi connectivity index (χ4n) is 6.63. The van der Waals surface area contributed by atoms with Crippen LogP contribution in [-0.2, 0) is 42.6 Å². The van der Waals surface area contributed by atoms with Crippen molar-refractivity contribution in [2.24, 2.45) is 0 Å². The van der Waals surface area contributed by atoms with Crippen LogP contribution in [0.2, 0.25) is 0 Å². The number of likely N-dealkylation sites (N-methyl/N-ethyl adjacent to an activating group) is 2. The fraction of sp³-hybridized carbons (Fsp3) is 0.390. The molecule has 2 amide bonds. The number of carbonyl (C=O) groups is 3. The molecule has 0 aliphatic rings. The van der Waals surface area contributed by atoms with Gasteiger partial charge in [0.05, 0.1) is 86.0 Å². The summed E-state index contributed by atoms with van der Waals surface area (Å²) in [7, 11) is 5.12. The lowest BCUT2D eigenvalue weighted by molar-refractivity contribution is 0.0479. The molecule has 6 aromatic rings. The zero-order chi connectivity index (χ0) is 46.4. The number of rotatable bonds is 16. The van der Waals surface area contributed by atoms with Crippen molar-refractivity contribution in [1.82, 2.24) is 48.8 Å². The Morgan fingerprint density at radius 3 is 1.34 bits per heavy atom. The van der Waals surface area contributed by atoms with E-state index in [1.54, 1.807) is 50.9 Å². The minimum Gasteiger partial charge on any atom is -0.496 e. The average molecular weight is 921 g/mol. The first kappa shape index (κ1) is 46.7. The molecule has 0 bridgehead atoms. The minimum atomic E-state index is -1.87. The Bertz CT molecular complexity index is 2610. The molecule has 0 aliphatic heterocycles. The first-order valence-corrected chi connectivity index (χ1v) is 22.2. The largest absolute Gasteiger partial charge is 0.508 e. The summed E-state index contributed by atoms with van der Waals surface area (Å²) < 4.78 is 62.1. The lowest BCUT2D eigenvalue weighted by Gasteiger charge is -2.20. The number of ether oxygens (including phenoxy) is 6. The van der Waals surface area contributed by atoms with Gasteiger partial charge in [0.15, 0.2) is 11.3 Å². The van der Waals surface area contributed by atoms with E-state index in [4.69, 9.17) is 28.4 Å². The third-order valence-electron chi connectivity index (χ3n) is 10.1. The zero-order valence-electron chi connectivity index (χ0n) is 37.0. The topological polar surface area (TPSA) is 234 Å². The monoisotopic (exact) mass is 920 g/mol. The molecule has 0 saturated carbocycles. The minimum absolute atomic E-state index is 0.0663. The van der Waals surface area contributed by atoms with Crippen LogP contribution in [0.4, 0.5) is 14.4 Å². The molecule has 6 rings (SSSR count). The van der Waals surface area contributed by atoms with Crippen LogP contribution >= 0.6 is 0 Å². The SMILES string of the molecule is COc1ccc2nc(S(=O)Cc3ncc(C)c(OC)c3C)n(C(=O)N(C)CCOC(=O)OCCN(C)C(=O)n3c(S(=O)Cc4ncc(C)c(OC)c4C)nc4ccc(OC)nc43)c2n1. The van der Waals surface area contributed by atoms with Gasteiger partial charge in [-0.1, -0.05) is 0 Å². The normalized spacial score (nSPS) is 12.2. The maximum absolute atomic E-state index is 14.0. The van der Waals surface area contributed by atoms with Gasteiger partial charge < -0.3 is 38.2 Å². The Hall–Kier alpha value is -6.75. The highest BCUT2D eigenvalue weighted by atomic mass is 32.2. The van der Waals surface area contributed by atoms with Crippen molar-refractivity contribution in [3.63, 3.8) is 0 Å². The number of imidazole rings is 2. The van der Waals surface area contributed by atoms with Crippen molar-refractivity contribution in [1.29, 1.82) is 0 Å². The molecule has 0 aromatic carbocycles. The quantitative estimate of drug-likeness (QED) is 0.122. The van der Waals surface area contributed by atoms with Crippen molar-refractivity contribution in [2.75, 3.05) is 68.8 Å². The molecule has 64 heavy (non-hydrogen) atoms. The van der Waals surface area contributed by atoms with Gasteiger partial charge >= 0.3 is 18.2 Å². The van der Waals surface area contributed by atoms with Gasteiger partial charge in [-0.3, -0.25) is 18.4 Å². The molecule has 340 valence electrons. The van der Waals surface area contributed by atoms with E-state index in [1.807, 2.05) is 27.7 Å². The van der Waals surface area contributed by atoms with E-state index in [9.17, 15) is 22.8 Å². The van der Waals surface area contributed by atoms with Gasteiger partial charge in [0.2, 0.25) is 22.1 Å². The number of pyridine rings is 4. The van der Waals surface area contributed by atoms with Crippen LogP contribution in [0.3, 0.4) is 0 Å². The number of aromatic nitrogens is 8. The number of amides is 2. The van der Waals surface area contributed by atoms with E-state index >= 15 is 0 Å². The summed E-state index contributed by atoms with van der Waals surface area (Å²) in [5.74, 6) is 1.51. The molecule has 0 fully saturated rings. The van der Waals surface area contributed by atoms with Crippen LogP contribution in [-0.4, -0.2) is 144 Å². The van der Waals surface area contributed by atoms with Gasteiger partial charge in [0, 0.05) is 60.9 Å². The Balaban J connectivity index is 1.09. The first-order valence-electron chi connectivity index (χ1n) is 19.5. The van der Waals surface area contributed by atoms with Crippen molar-refractivity contribution in [3.8, 4) is 23.3 Å². The van der Waals surface area contributed by atoms with Gasteiger partial charge in [-0.05, 0) is 39.8 Å². The second-order valence-corrected chi connectivity index (χ2v) is 17.0. The molecule has 21 nitrogen and oxygen atoms in total. The molecule has 23 heteroatoms. The number of fused-ring (bicyclic) bond motifs is 2. The highest BCUT2D eigenvalue weighted by Crippen LogP contribution is 2.29. The highest BCUT2D eigenvalue weighted by molar-refractivity contribution is 7.84. The van der Waals surface area contributed by atoms with Gasteiger partial charge in [-0.15, -0.1) is 0 Å². The maximum atomic E-state index is 14.0. The summed E-state index contributed by atoms with van der Waals surface area (Å²) >= 11 is 0. The van der Waals surface area contributed by atoms with Crippen LogP contribution in [0, 0.1) is 27.7 Å². The van der Waals surface area contributed by atoms with Crippen LogP contribution in [0.15, 0.2) is 47.0 Å². The van der Waals surface area contributed by atoms with Crippen molar-refractivity contribution in [3.05, 3.63) is 70.3 Å². The Morgan fingerprint density at radius 1 is 0.594 bits per heavy atom. The number of hydrogen-bond donors (Lipinski definition) is 0. The Kier molecular flexibility index (Phi) is 14.7.